The van der Waals surface area contributed by atoms with Crippen molar-refractivity contribution in [1.82, 2.24) is 53.2 Å². The van der Waals surface area contributed by atoms with Gasteiger partial charge in [-0.05, 0) is 183 Å². The standard InChI is InChI=1S/C102H184N10O19S/c1-77(2)55-41-34-28-22-19-25-31-37-46-63-87(113)108-86(76-132-75-81(128-89(115)65-48-39-33-27-21-24-30-36-43-57-79(5)6)73-126-88(114)64-47-38-32-26-20-23-29-35-42-56-78(3)4)95(121)112-85(74-127-99(7,8)9)94(120)111-84(62-51-54-68-107-98(124)131-102(16,17)18)93(119)110-83(61-50-53-67-106-97(123)130-101(13,14)15)92(118)109-82(60-49-52-66-105-96(122)129-100(10,11)12)91(117)104-70-69-103-71-90(116)125-72-80-58-44-40-45-59-80/h40,44-45,58-59,77-79,81-86,103H,19-39,41-43,46-57,60-76H2,1-18H3,(H,104,117)(H,105,122)(H,106,123)(H,107,124)(H,108,113)(H,109,118)(H,110,119)(H,111,120)(H,112,121)/t81?,82-,83-,84-,85-,86-/m0/s1. The molecule has 0 aromatic heterocycles. The van der Waals surface area contributed by atoms with E-state index in [1.165, 1.54) is 102 Å². The highest BCUT2D eigenvalue weighted by Crippen LogP contribution is 2.22. The number of hydrogen-bond donors (Lipinski definition) is 10. The lowest BCUT2D eigenvalue weighted by Gasteiger charge is -2.29. The smallest absolute Gasteiger partial charge is 0.407 e. The molecule has 0 aliphatic heterocycles. The van der Waals surface area contributed by atoms with E-state index in [2.05, 4.69) is 94.7 Å². The summed E-state index contributed by atoms with van der Waals surface area (Å²) in [6.07, 6.45) is 31.6. The van der Waals surface area contributed by atoms with E-state index in [1.54, 1.807) is 83.1 Å². The number of carbonyl (C=O) groups is 12. The van der Waals surface area contributed by atoms with Crippen molar-refractivity contribution in [2.24, 2.45) is 17.8 Å². The SMILES string of the molecule is CC(C)CCCCCCCCCCCC(=O)N[C@@H](CSCC(COC(=O)CCCCCCCCCCCC(C)C)OC(=O)CCCCCCCCCCCC(C)C)C(=O)N[C@@H](COC(C)(C)C)C(=O)N[C@@H](CCCCNC(=O)OC(C)(C)C)C(=O)N[C@@H](CCCCNC(=O)OC(C)(C)C)C(=O)N[C@@H](CCCCNC(=O)OC(C)(C)C)C(=O)NCCNCC(=O)OCc1ccccc1. The third-order valence-electron chi connectivity index (χ3n) is 21.6. The summed E-state index contributed by atoms with van der Waals surface area (Å²) in [5.41, 5.74) is -2.43. The molecule has 9 amide bonds. The fourth-order valence-electron chi connectivity index (χ4n) is 14.3. The van der Waals surface area contributed by atoms with Crippen LogP contribution in [-0.2, 0) is 82.9 Å². The van der Waals surface area contributed by atoms with E-state index in [0.29, 0.717) is 50.4 Å². The van der Waals surface area contributed by atoms with Gasteiger partial charge in [0.2, 0.25) is 35.4 Å². The van der Waals surface area contributed by atoms with Gasteiger partial charge in [0.25, 0.3) is 0 Å². The van der Waals surface area contributed by atoms with Crippen molar-refractivity contribution in [3.63, 3.8) is 0 Å². The number of ether oxygens (including phenoxy) is 7. The van der Waals surface area contributed by atoms with Gasteiger partial charge >= 0.3 is 36.2 Å². The van der Waals surface area contributed by atoms with Crippen LogP contribution in [-0.4, -0.2) is 194 Å². The van der Waals surface area contributed by atoms with Crippen molar-refractivity contribution >= 4 is 83.4 Å². The maximum Gasteiger partial charge on any atom is 0.407 e. The first-order valence-electron chi connectivity index (χ1n) is 50.7. The second-order valence-corrected chi connectivity index (χ2v) is 41.9. The van der Waals surface area contributed by atoms with Gasteiger partial charge in [-0.25, -0.2) is 14.4 Å². The number of carbonyl (C=O) groups excluding carboxylic acids is 12. The molecule has 29 nitrogen and oxygen atoms in total. The molecule has 0 aliphatic rings. The van der Waals surface area contributed by atoms with E-state index in [1.807, 2.05) is 30.3 Å². The zero-order chi connectivity index (χ0) is 98.4. The first-order valence-corrected chi connectivity index (χ1v) is 51.8. The molecule has 0 aliphatic carbocycles. The van der Waals surface area contributed by atoms with Crippen LogP contribution in [0.3, 0.4) is 0 Å². The number of hydrogen-bond acceptors (Lipinski definition) is 21. The average molecular weight is 1890 g/mol. The quantitative estimate of drug-likeness (QED) is 0.0164. The predicted octanol–water partition coefficient (Wildman–Crippen LogP) is 18.8. The van der Waals surface area contributed by atoms with Crippen LogP contribution in [0.1, 0.15) is 400 Å². The normalized spacial score (nSPS) is 13.2. The molecule has 30 heteroatoms. The van der Waals surface area contributed by atoms with E-state index in [9.17, 15) is 38.4 Å². The van der Waals surface area contributed by atoms with E-state index in [-0.39, 0.29) is 122 Å². The van der Waals surface area contributed by atoms with Crippen LogP contribution in [0.4, 0.5) is 14.4 Å². The van der Waals surface area contributed by atoms with Crippen LogP contribution >= 0.6 is 11.8 Å². The molecule has 1 rings (SSSR count). The maximum atomic E-state index is 15.4. The maximum absolute atomic E-state index is 15.4. The fraction of sp³-hybridized carbons (Fsp3) is 0.824. The number of unbranched alkanes of at least 4 members (excludes halogenated alkanes) is 27. The Morgan fingerprint density at radius 1 is 0.311 bits per heavy atom. The lowest BCUT2D eigenvalue weighted by atomic mass is 10.0. The zero-order valence-electron chi connectivity index (χ0n) is 85.2. The Balaban J connectivity index is 3.95. The van der Waals surface area contributed by atoms with Gasteiger partial charge in [0.15, 0.2) is 0 Å². The van der Waals surface area contributed by atoms with Crippen molar-refractivity contribution < 1.29 is 90.7 Å². The molecule has 1 aromatic rings. The van der Waals surface area contributed by atoms with Crippen molar-refractivity contribution in [2.75, 3.05) is 64.0 Å². The van der Waals surface area contributed by atoms with Gasteiger partial charge in [-0.2, -0.15) is 11.8 Å². The predicted molar refractivity (Wildman–Crippen MR) is 527 cm³/mol. The summed E-state index contributed by atoms with van der Waals surface area (Å²) < 4.78 is 40.0. The van der Waals surface area contributed by atoms with Gasteiger partial charge in [-0.1, -0.05) is 245 Å². The van der Waals surface area contributed by atoms with Crippen LogP contribution in [0.25, 0.3) is 0 Å². The molecule has 6 atom stereocenters. The Hall–Kier alpha value is -7.47. The highest BCUT2D eigenvalue weighted by Gasteiger charge is 2.35. The summed E-state index contributed by atoms with van der Waals surface area (Å²) in [5, 5.41) is 28.4. The summed E-state index contributed by atoms with van der Waals surface area (Å²) in [4.78, 5) is 168. The first kappa shape index (κ1) is 123. The van der Waals surface area contributed by atoms with E-state index >= 15 is 19.2 Å². The van der Waals surface area contributed by atoms with Gasteiger partial charge < -0.3 is 86.3 Å². The van der Waals surface area contributed by atoms with Crippen LogP contribution < -0.4 is 53.2 Å². The van der Waals surface area contributed by atoms with Gasteiger partial charge in [0, 0.05) is 63.5 Å². The molecule has 0 bridgehead atoms. The molecule has 0 heterocycles. The summed E-state index contributed by atoms with van der Waals surface area (Å²) >= 11 is 1.21. The lowest BCUT2D eigenvalue weighted by Crippen LogP contribution is -2.60. The van der Waals surface area contributed by atoms with E-state index < -0.39 is 137 Å². The largest absolute Gasteiger partial charge is 0.462 e. The Bertz CT molecular complexity index is 3310. The number of nitrogens with one attached hydrogen (secondary N) is 10. The van der Waals surface area contributed by atoms with Crippen molar-refractivity contribution in [2.45, 2.75) is 460 Å². The first-order chi connectivity index (χ1) is 62.5. The van der Waals surface area contributed by atoms with Gasteiger partial charge in [0.1, 0.15) is 66.3 Å². The minimum atomic E-state index is -1.53. The molecule has 0 fully saturated rings. The van der Waals surface area contributed by atoms with Crippen molar-refractivity contribution in [3.05, 3.63) is 35.9 Å². The van der Waals surface area contributed by atoms with Crippen LogP contribution in [0.5, 0.6) is 0 Å². The lowest BCUT2D eigenvalue weighted by molar-refractivity contribution is -0.157. The molecular formula is C102H184N10O19S. The summed E-state index contributed by atoms with van der Waals surface area (Å²) in [7, 11) is 0. The topological polar surface area (TPSA) is 390 Å². The number of thioether (sulfide) groups is 1. The number of benzene rings is 1. The monoisotopic (exact) mass is 1890 g/mol. The highest BCUT2D eigenvalue weighted by molar-refractivity contribution is 7.99. The van der Waals surface area contributed by atoms with Crippen molar-refractivity contribution in [1.29, 1.82) is 0 Å². The van der Waals surface area contributed by atoms with Gasteiger partial charge in [-0.3, -0.25) is 43.2 Å². The number of amides is 9. The molecule has 132 heavy (non-hydrogen) atoms. The Labute approximate surface area is 800 Å². The second-order valence-electron chi connectivity index (χ2n) is 40.9. The Kier molecular flexibility index (Phi) is 68.5. The zero-order valence-corrected chi connectivity index (χ0v) is 86.0. The molecule has 1 aromatic carbocycles. The summed E-state index contributed by atoms with van der Waals surface area (Å²) in [6, 6.07) is 2.30. The fourth-order valence-corrected chi connectivity index (χ4v) is 15.3. The molecule has 0 radical (unpaired) electrons. The third-order valence-corrected chi connectivity index (χ3v) is 22.7. The van der Waals surface area contributed by atoms with Gasteiger partial charge in [-0.15, -0.1) is 0 Å². The Morgan fingerprint density at radius 2 is 0.659 bits per heavy atom. The van der Waals surface area contributed by atoms with Crippen LogP contribution in [0.2, 0.25) is 0 Å². The second kappa shape index (κ2) is 73.8. The minimum absolute atomic E-state index is 0.0179. The molecule has 0 spiro atoms. The average Bonchev–Trinajstić information content (AvgIpc) is 0.860. The van der Waals surface area contributed by atoms with Gasteiger partial charge in [0.05, 0.1) is 18.8 Å². The molecule has 10 N–H and O–H groups in total. The molecule has 762 valence electrons. The van der Waals surface area contributed by atoms with Crippen LogP contribution in [0.15, 0.2) is 30.3 Å². The van der Waals surface area contributed by atoms with Crippen LogP contribution in [0, 0.1) is 17.8 Å². The molecule has 0 saturated carbocycles. The Morgan fingerprint density at radius 3 is 1.05 bits per heavy atom. The third kappa shape index (κ3) is 74.8. The number of alkyl carbamates (subject to hydrolysis) is 3. The summed E-state index contributed by atoms with van der Waals surface area (Å²) in [6.45, 7) is 34.2. The number of rotatable bonds is 77. The summed E-state index contributed by atoms with van der Waals surface area (Å²) in [5.74, 6) is -3.49. The molecule has 1 unspecified atom stereocenters. The number of esters is 3. The van der Waals surface area contributed by atoms with E-state index in [4.69, 9.17) is 33.2 Å². The molecular weight excluding hydrogens is 1700 g/mol. The molecule has 0 saturated heterocycles. The van der Waals surface area contributed by atoms with E-state index in [0.717, 1.165) is 95.0 Å². The van der Waals surface area contributed by atoms with Crippen molar-refractivity contribution in [3.8, 4) is 0 Å². The minimum Gasteiger partial charge on any atom is -0.462 e. The highest BCUT2D eigenvalue weighted by atomic mass is 32.2.